The lowest BCUT2D eigenvalue weighted by atomic mass is 10.2. The molecule has 0 bridgehead atoms. The summed E-state index contributed by atoms with van der Waals surface area (Å²) in [5.74, 6) is -1.96. The number of carbonyl (C=O) groups is 2. The maximum atomic E-state index is 13.5. The van der Waals surface area contributed by atoms with Crippen molar-refractivity contribution in [2.24, 2.45) is 0 Å². The summed E-state index contributed by atoms with van der Waals surface area (Å²) < 4.78 is 46.6. The lowest BCUT2D eigenvalue weighted by Gasteiger charge is -2.10. The Balaban J connectivity index is 1.87. The van der Waals surface area contributed by atoms with Crippen molar-refractivity contribution in [1.29, 1.82) is 0 Å². The average molecular weight is 509 g/mol. The van der Waals surface area contributed by atoms with E-state index in [1.165, 1.54) is 30.5 Å². The summed E-state index contributed by atoms with van der Waals surface area (Å²) in [5, 5.41) is 14.6. The number of pyridine rings is 1. The molecule has 3 aromatic heterocycles. The zero-order valence-corrected chi connectivity index (χ0v) is 18.6. The first kappa shape index (κ1) is 23.9. The number of hydrogen-bond acceptors (Lipinski definition) is 7. The number of carbonyl (C=O) groups excluding carboxylic acids is 2. The zero-order chi connectivity index (χ0) is 25.3. The molecule has 10 nitrogen and oxygen atoms in total. The van der Waals surface area contributed by atoms with E-state index in [2.05, 4.69) is 20.9 Å². The van der Waals surface area contributed by atoms with E-state index in [0.717, 1.165) is 4.57 Å². The molecule has 4 aromatic rings. The van der Waals surface area contributed by atoms with Crippen LogP contribution in [0.25, 0.3) is 16.7 Å². The Morgan fingerprint density at radius 1 is 1.20 bits per heavy atom. The third kappa shape index (κ3) is 4.45. The van der Waals surface area contributed by atoms with E-state index >= 15 is 0 Å². The van der Waals surface area contributed by atoms with Gasteiger partial charge in [0.2, 0.25) is 5.88 Å². The van der Waals surface area contributed by atoms with Gasteiger partial charge in [0.1, 0.15) is 11.4 Å². The molecule has 0 aliphatic carbocycles. The number of halogens is 4. The molecule has 0 atom stereocenters. The Morgan fingerprint density at radius 3 is 2.63 bits per heavy atom. The molecule has 0 spiro atoms. The van der Waals surface area contributed by atoms with Gasteiger partial charge in [-0.05, 0) is 25.1 Å². The summed E-state index contributed by atoms with van der Waals surface area (Å²) in [4.78, 5) is 29.2. The van der Waals surface area contributed by atoms with E-state index in [9.17, 15) is 27.9 Å². The maximum absolute atomic E-state index is 13.5. The highest BCUT2D eigenvalue weighted by atomic mass is 35.5. The number of aromatic nitrogens is 4. The third-order valence-electron chi connectivity index (χ3n) is 4.78. The number of nitrogens with one attached hydrogen (secondary N) is 2. The van der Waals surface area contributed by atoms with Crippen LogP contribution in [0.3, 0.4) is 0 Å². The fraction of sp³-hybridized carbons (Fsp3) is 0.143. The van der Waals surface area contributed by atoms with Crippen molar-refractivity contribution in [3.05, 3.63) is 65.1 Å². The van der Waals surface area contributed by atoms with Gasteiger partial charge in [0, 0.05) is 17.6 Å². The number of hydrazine groups is 1. The molecule has 0 radical (unpaired) electrons. The Morgan fingerprint density at radius 2 is 1.94 bits per heavy atom. The van der Waals surface area contributed by atoms with Crippen LogP contribution < -0.4 is 10.9 Å². The minimum absolute atomic E-state index is 0.0547. The van der Waals surface area contributed by atoms with Gasteiger partial charge in [-0.1, -0.05) is 29.8 Å². The lowest BCUT2D eigenvalue weighted by Crippen LogP contribution is -2.30. The number of ether oxygens (including phenoxy) is 1. The van der Waals surface area contributed by atoms with Crippen LogP contribution in [0.5, 0.6) is 5.88 Å². The summed E-state index contributed by atoms with van der Waals surface area (Å²) in [7, 11) is 0. The second-order valence-corrected chi connectivity index (χ2v) is 7.37. The number of hydrogen-bond donors (Lipinski definition) is 3. The van der Waals surface area contributed by atoms with Crippen LogP contribution in [0.2, 0.25) is 5.02 Å². The maximum Gasteiger partial charge on any atom is 0.435 e. The monoisotopic (exact) mass is 508 g/mol. The summed E-state index contributed by atoms with van der Waals surface area (Å²) in [6, 6.07) is 9.52. The molecule has 1 amide bonds. The number of alkyl halides is 3. The Labute approximate surface area is 199 Å². The molecule has 3 heterocycles. The lowest BCUT2D eigenvalue weighted by molar-refractivity contribution is -0.141. The van der Waals surface area contributed by atoms with E-state index in [1.54, 1.807) is 19.1 Å². The minimum atomic E-state index is -4.88. The Kier molecular flexibility index (Phi) is 6.26. The van der Waals surface area contributed by atoms with E-state index in [0.29, 0.717) is 10.7 Å². The zero-order valence-electron chi connectivity index (χ0n) is 17.8. The fourth-order valence-corrected chi connectivity index (χ4v) is 3.52. The van der Waals surface area contributed by atoms with Crippen molar-refractivity contribution in [2.75, 3.05) is 12.0 Å². The van der Waals surface area contributed by atoms with Crippen LogP contribution in [0.4, 0.5) is 23.7 Å². The van der Waals surface area contributed by atoms with Gasteiger partial charge in [-0.25, -0.2) is 24.5 Å². The van der Waals surface area contributed by atoms with Crippen LogP contribution >= 0.6 is 11.6 Å². The van der Waals surface area contributed by atoms with Crippen molar-refractivity contribution >= 4 is 40.2 Å². The molecule has 1 aromatic carbocycles. The third-order valence-corrected chi connectivity index (χ3v) is 5.07. The van der Waals surface area contributed by atoms with Crippen LogP contribution in [0.15, 0.2) is 48.7 Å². The molecule has 35 heavy (non-hydrogen) atoms. The smallest absolute Gasteiger partial charge is 0.435 e. The topological polar surface area (TPSA) is 123 Å². The predicted octanol–water partition coefficient (Wildman–Crippen LogP) is 4.36. The second-order valence-electron chi connectivity index (χ2n) is 6.96. The number of para-hydroxylation sites is 1. The molecule has 0 unspecified atom stereocenters. The molecule has 0 aliphatic heterocycles. The van der Waals surface area contributed by atoms with E-state index < -0.39 is 35.4 Å². The molecular formula is C21H16ClF3N6O4. The molecule has 182 valence electrons. The largest absolute Gasteiger partial charge is 0.493 e. The highest BCUT2D eigenvalue weighted by Gasteiger charge is 2.37. The Bertz CT molecular complexity index is 1430. The predicted molar refractivity (Wildman–Crippen MR) is 118 cm³/mol. The molecule has 0 saturated carbocycles. The van der Waals surface area contributed by atoms with Gasteiger partial charge in [0.15, 0.2) is 11.5 Å². The molecule has 0 aliphatic rings. The van der Waals surface area contributed by atoms with E-state index in [1.807, 2.05) is 0 Å². The van der Waals surface area contributed by atoms with Crippen molar-refractivity contribution in [1.82, 2.24) is 24.8 Å². The number of fused-ring (bicyclic) bond motifs is 1. The van der Waals surface area contributed by atoms with Crippen LogP contribution in [-0.2, 0) is 10.9 Å². The standard InChI is InChI=1S/C21H16ClF3N6O4/c1-2-35-20(34)28-27-16-11-6-3-4-8-13(11)30(19(16)33)18(32)14-10-15(21(23,24)25)29-31(14)17-12(22)7-5-9-26-17/h3-10,27,33H,2H2,1H3,(H,28,34). The van der Waals surface area contributed by atoms with Crippen molar-refractivity contribution < 1.29 is 32.6 Å². The van der Waals surface area contributed by atoms with Crippen molar-refractivity contribution in [3.63, 3.8) is 0 Å². The molecule has 0 saturated heterocycles. The minimum Gasteiger partial charge on any atom is -0.493 e. The van der Waals surface area contributed by atoms with Crippen LogP contribution in [-0.4, -0.2) is 43.0 Å². The number of amides is 1. The summed E-state index contributed by atoms with van der Waals surface area (Å²) >= 11 is 6.10. The van der Waals surface area contributed by atoms with Gasteiger partial charge in [0.25, 0.3) is 5.91 Å². The highest BCUT2D eigenvalue weighted by molar-refractivity contribution is 6.32. The number of aromatic hydroxyl groups is 1. The molecule has 14 heteroatoms. The first-order valence-corrected chi connectivity index (χ1v) is 10.3. The van der Waals surface area contributed by atoms with Gasteiger partial charge >= 0.3 is 12.3 Å². The first-order chi connectivity index (χ1) is 16.6. The van der Waals surface area contributed by atoms with Crippen LogP contribution in [0.1, 0.15) is 23.1 Å². The van der Waals surface area contributed by atoms with Gasteiger partial charge < -0.3 is 9.84 Å². The summed E-state index contributed by atoms with van der Waals surface area (Å²) in [6.07, 6.45) is -4.46. The van der Waals surface area contributed by atoms with E-state index in [4.69, 9.17) is 16.3 Å². The average Bonchev–Trinajstić information content (AvgIpc) is 3.37. The number of anilines is 1. The van der Waals surface area contributed by atoms with Gasteiger partial charge in [-0.15, -0.1) is 0 Å². The molecule has 0 fully saturated rings. The van der Waals surface area contributed by atoms with E-state index in [-0.39, 0.29) is 34.0 Å². The SMILES string of the molecule is CCOC(=O)NNc1c(O)n(C(=O)c2cc(C(F)(F)F)nn2-c2ncccc2Cl)c2ccccc12. The summed E-state index contributed by atoms with van der Waals surface area (Å²) in [6.45, 7) is 1.68. The van der Waals surface area contributed by atoms with Crippen molar-refractivity contribution in [2.45, 2.75) is 13.1 Å². The quantitative estimate of drug-likeness (QED) is 0.342. The number of benzene rings is 1. The number of nitrogens with zero attached hydrogens (tertiary/aromatic N) is 4. The highest BCUT2D eigenvalue weighted by Crippen LogP contribution is 2.37. The molecule has 3 N–H and O–H groups in total. The normalized spacial score (nSPS) is 11.5. The number of rotatable bonds is 5. The fourth-order valence-electron chi connectivity index (χ4n) is 3.32. The molecular weight excluding hydrogens is 493 g/mol. The summed E-state index contributed by atoms with van der Waals surface area (Å²) in [5.41, 5.74) is 2.79. The van der Waals surface area contributed by atoms with Gasteiger partial charge in [-0.3, -0.25) is 10.2 Å². The molecule has 4 rings (SSSR count). The second kappa shape index (κ2) is 9.18. The van der Waals surface area contributed by atoms with Gasteiger partial charge in [0.05, 0.1) is 17.1 Å². The van der Waals surface area contributed by atoms with Crippen molar-refractivity contribution in [3.8, 4) is 11.7 Å². The van der Waals surface area contributed by atoms with Gasteiger partial charge in [-0.2, -0.15) is 18.3 Å². The first-order valence-electron chi connectivity index (χ1n) is 9.97. The van der Waals surface area contributed by atoms with Crippen LogP contribution in [0, 0.1) is 0 Å². The Hall–Kier alpha value is -4.26.